The van der Waals surface area contributed by atoms with Crippen molar-refractivity contribution in [2.24, 2.45) is 0 Å². The van der Waals surface area contributed by atoms with Gasteiger partial charge in [-0.3, -0.25) is 9.59 Å². The second-order valence-corrected chi connectivity index (χ2v) is 6.59. The van der Waals surface area contributed by atoms with Gasteiger partial charge in [-0.15, -0.1) is 0 Å². The van der Waals surface area contributed by atoms with E-state index < -0.39 is 5.92 Å². The number of amides is 2. The number of benzene rings is 3. The first-order chi connectivity index (χ1) is 13.7. The van der Waals surface area contributed by atoms with E-state index in [2.05, 4.69) is 10.6 Å². The molecule has 2 N–H and O–H groups in total. The number of ether oxygens (including phenoxy) is 1. The van der Waals surface area contributed by atoms with Crippen molar-refractivity contribution in [3.63, 3.8) is 0 Å². The SMILES string of the molecule is O=C(CNC(=O)C1c2ccccc2Oc2ccccc21)NCc1ccccc1. The Morgan fingerprint density at radius 3 is 1.96 bits per heavy atom. The summed E-state index contributed by atoms with van der Waals surface area (Å²) < 4.78 is 5.91. The van der Waals surface area contributed by atoms with Gasteiger partial charge in [0.2, 0.25) is 11.8 Å². The van der Waals surface area contributed by atoms with E-state index in [1.807, 2.05) is 78.9 Å². The molecule has 5 heteroatoms. The molecule has 0 fully saturated rings. The number of nitrogens with one attached hydrogen (secondary N) is 2. The quantitative estimate of drug-likeness (QED) is 0.722. The van der Waals surface area contributed by atoms with Crippen molar-refractivity contribution in [1.82, 2.24) is 10.6 Å². The second-order valence-electron chi connectivity index (χ2n) is 6.59. The first-order valence-electron chi connectivity index (χ1n) is 9.16. The Morgan fingerprint density at radius 1 is 0.750 bits per heavy atom. The lowest BCUT2D eigenvalue weighted by atomic mass is 9.87. The summed E-state index contributed by atoms with van der Waals surface area (Å²) in [5.74, 6) is 0.358. The first-order valence-corrected chi connectivity index (χ1v) is 9.16. The molecule has 0 atom stereocenters. The van der Waals surface area contributed by atoms with E-state index in [0.717, 1.165) is 16.7 Å². The molecule has 0 radical (unpaired) electrons. The van der Waals surface area contributed by atoms with Gasteiger partial charge in [0.25, 0.3) is 0 Å². The molecule has 3 aromatic carbocycles. The third-order valence-corrected chi connectivity index (χ3v) is 4.70. The summed E-state index contributed by atoms with van der Waals surface area (Å²) in [6.07, 6.45) is 0. The van der Waals surface area contributed by atoms with E-state index in [9.17, 15) is 9.59 Å². The van der Waals surface area contributed by atoms with Crippen molar-refractivity contribution in [2.45, 2.75) is 12.5 Å². The molecule has 0 spiro atoms. The number of para-hydroxylation sites is 2. The molecular weight excluding hydrogens is 352 g/mol. The van der Waals surface area contributed by atoms with Crippen molar-refractivity contribution < 1.29 is 14.3 Å². The highest BCUT2D eigenvalue weighted by Gasteiger charge is 2.32. The highest BCUT2D eigenvalue weighted by molar-refractivity contribution is 5.92. The number of hydrogen-bond donors (Lipinski definition) is 2. The summed E-state index contributed by atoms with van der Waals surface area (Å²) in [6.45, 7) is 0.353. The molecule has 140 valence electrons. The second kappa shape index (κ2) is 7.96. The van der Waals surface area contributed by atoms with Gasteiger partial charge < -0.3 is 15.4 Å². The Bertz CT molecular complexity index is 956. The first kappa shape index (κ1) is 17.8. The van der Waals surface area contributed by atoms with Crippen molar-refractivity contribution in [2.75, 3.05) is 6.54 Å². The van der Waals surface area contributed by atoms with Gasteiger partial charge in [-0.05, 0) is 17.7 Å². The van der Waals surface area contributed by atoms with Crippen LogP contribution in [0.4, 0.5) is 0 Å². The lowest BCUT2D eigenvalue weighted by Gasteiger charge is -2.27. The largest absolute Gasteiger partial charge is 0.457 e. The molecule has 1 aliphatic heterocycles. The number of rotatable bonds is 5. The van der Waals surface area contributed by atoms with Crippen molar-refractivity contribution >= 4 is 11.8 Å². The Balaban J connectivity index is 1.44. The summed E-state index contributed by atoms with van der Waals surface area (Å²) in [5.41, 5.74) is 2.60. The molecule has 1 heterocycles. The summed E-state index contributed by atoms with van der Waals surface area (Å²) in [6, 6.07) is 24.6. The zero-order valence-electron chi connectivity index (χ0n) is 15.2. The molecule has 0 saturated carbocycles. The molecule has 2 amide bonds. The number of fused-ring (bicyclic) bond motifs is 2. The molecule has 0 bridgehead atoms. The maximum atomic E-state index is 13.0. The molecule has 28 heavy (non-hydrogen) atoms. The van der Waals surface area contributed by atoms with Gasteiger partial charge in [0, 0.05) is 17.7 Å². The number of carbonyl (C=O) groups excluding carboxylic acids is 2. The standard InChI is InChI=1S/C23H20N2O3/c26-21(24-14-16-8-2-1-3-9-16)15-25-23(27)22-17-10-4-6-12-19(17)28-20-13-7-5-11-18(20)22/h1-13,22H,14-15H2,(H,24,26)(H,25,27). The van der Waals surface area contributed by atoms with Crippen LogP contribution in [0.5, 0.6) is 11.5 Å². The average Bonchev–Trinajstić information content (AvgIpc) is 2.75. The minimum Gasteiger partial charge on any atom is -0.457 e. The predicted octanol–water partition coefficient (Wildman–Crippen LogP) is 3.36. The summed E-state index contributed by atoms with van der Waals surface area (Å²) >= 11 is 0. The Kier molecular flexibility index (Phi) is 5.06. The molecule has 5 nitrogen and oxygen atoms in total. The third kappa shape index (κ3) is 3.74. The predicted molar refractivity (Wildman–Crippen MR) is 106 cm³/mol. The van der Waals surface area contributed by atoms with Gasteiger partial charge >= 0.3 is 0 Å². The van der Waals surface area contributed by atoms with Crippen LogP contribution in [0.25, 0.3) is 0 Å². The zero-order valence-corrected chi connectivity index (χ0v) is 15.2. The summed E-state index contributed by atoms with van der Waals surface area (Å²) in [4.78, 5) is 25.1. The summed E-state index contributed by atoms with van der Waals surface area (Å²) in [5, 5.41) is 5.58. The molecule has 0 aromatic heterocycles. The van der Waals surface area contributed by atoms with E-state index >= 15 is 0 Å². The van der Waals surface area contributed by atoms with Gasteiger partial charge in [0.1, 0.15) is 11.5 Å². The van der Waals surface area contributed by atoms with Gasteiger partial charge in [0.05, 0.1) is 12.5 Å². The smallest absolute Gasteiger partial charge is 0.239 e. The molecule has 4 rings (SSSR count). The third-order valence-electron chi connectivity index (χ3n) is 4.70. The van der Waals surface area contributed by atoms with Crippen LogP contribution in [-0.2, 0) is 16.1 Å². The van der Waals surface area contributed by atoms with E-state index in [1.165, 1.54) is 0 Å². The molecular formula is C23H20N2O3. The van der Waals surface area contributed by atoms with E-state index in [4.69, 9.17) is 4.74 Å². The monoisotopic (exact) mass is 372 g/mol. The molecule has 0 aliphatic carbocycles. The van der Waals surface area contributed by atoms with Crippen LogP contribution in [0, 0.1) is 0 Å². The maximum absolute atomic E-state index is 13.0. The molecule has 1 aliphatic rings. The average molecular weight is 372 g/mol. The van der Waals surface area contributed by atoms with Crippen LogP contribution in [0.15, 0.2) is 78.9 Å². The van der Waals surface area contributed by atoms with Crippen LogP contribution in [-0.4, -0.2) is 18.4 Å². The highest BCUT2D eigenvalue weighted by atomic mass is 16.5. The fraction of sp³-hybridized carbons (Fsp3) is 0.130. The van der Waals surface area contributed by atoms with Crippen molar-refractivity contribution in [3.05, 3.63) is 95.6 Å². The van der Waals surface area contributed by atoms with E-state index in [0.29, 0.717) is 18.0 Å². The number of hydrogen-bond acceptors (Lipinski definition) is 3. The van der Waals surface area contributed by atoms with Crippen molar-refractivity contribution in [3.8, 4) is 11.5 Å². The maximum Gasteiger partial charge on any atom is 0.239 e. The highest BCUT2D eigenvalue weighted by Crippen LogP contribution is 2.43. The minimum absolute atomic E-state index is 0.0760. The van der Waals surface area contributed by atoms with Crippen LogP contribution in [0.2, 0.25) is 0 Å². The van der Waals surface area contributed by atoms with Crippen LogP contribution < -0.4 is 15.4 Å². The van der Waals surface area contributed by atoms with E-state index in [-0.39, 0.29) is 18.4 Å². The summed E-state index contributed by atoms with van der Waals surface area (Å²) in [7, 11) is 0. The van der Waals surface area contributed by atoms with Crippen LogP contribution in [0.3, 0.4) is 0 Å². The Hall–Kier alpha value is -3.60. The zero-order chi connectivity index (χ0) is 19.3. The number of carbonyl (C=O) groups is 2. The fourth-order valence-corrected chi connectivity index (χ4v) is 3.32. The topological polar surface area (TPSA) is 67.4 Å². The molecule has 0 saturated heterocycles. The lowest BCUT2D eigenvalue weighted by molar-refractivity contribution is -0.126. The Labute approximate surface area is 163 Å². The molecule has 3 aromatic rings. The minimum atomic E-state index is -0.511. The normalized spacial score (nSPS) is 12.3. The van der Waals surface area contributed by atoms with E-state index in [1.54, 1.807) is 0 Å². The molecule has 0 unspecified atom stereocenters. The lowest BCUT2D eigenvalue weighted by Crippen LogP contribution is -2.39. The fourth-order valence-electron chi connectivity index (χ4n) is 3.32. The van der Waals surface area contributed by atoms with Crippen LogP contribution in [0.1, 0.15) is 22.6 Å². The van der Waals surface area contributed by atoms with Crippen molar-refractivity contribution in [1.29, 1.82) is 0 Å². The van der Waals surface area contributed by atoms with Crippen LogP contribution >= 0.6 is 0 Å². The van der Waals surface area contributed by atoms with Gasteiger partial charge in [0.15, 0.2) is 0 Å². The Morgan fingerprint density at radius 2 is 1.32 bits per heavy atom. The van der Waals surface area contributed by atoms with Gasteiger partial charge in [-0.2, -0.15) is 0 Å². The van der Waals surface area contributed by atoms with Gasteiger partial charge in [-0.1, -0.05) is 66.7 Å². The van der Waals surface area contributed by atoms with Gasteiger partial charge in [-0.25, -0.2) is 0 Å².